The Balaban J connectivity index is 1.69. The van der Waals surface area contributed by atoms with Crippen LogP contribution in [0.15, 0.2) is 65.4 Å². The van der Waals surface area contributed by atoms with Crippen molar-refractivity contribution in [2.24, 2.45) is 10.8 Å². The Hall–Kier alpha value is -4.49. The molecule has 1 aliphatic heterocycles. The number of hydrazine groups is 2. The van der Waals surface area contributed by atoms with Crippen molar-refractivity contribution in [1.29, 1.82) is 0 Å². The van der Waals surface area contributed by atoms with Crippen LogP contribution in [0.4, 0.5) is 0 Å². The van der Waals surface area contributed by atoms with Crippen molar-refractivity contribution in [3.8, 4) is 11.5 Å². The molecule has 13 heteroatoms. The number of nitrogens with one attached hydrogen (secondary N) is 4. The molecular formula is C25H33N7O6. The molecule has 0 radical (unpaired) electrons. The van der Waals surface area contributed by atoms with Crippen LogP contribution in [0.3, 0.4) is 0 Å². The number of nitrogens with zero attached hydrogens (tertiary/aromatic N) is 2. The highest BCUT2D eigenvalue weighted by atomic mass is 16.5. The number of hydrazone groups is 1. The van der Waals surface area contributed by atoms with E-state index in [0.29, 0.717) is 17.4 Å². The smallest absolute Gasteiger partial charge is 0.352 e. The number of hydrogen-bond donors (Lipinski definition) is 7. The molecule has 1 unspecified atom stereocenters. The first-order chi connectivity index (χ1) is 18.0. The van der Waals surface area contributed by atoms with Gasteiger partial charge in [0.2, 0.25) is 5.96 Å². The van der Waals surface area contributed by atoms with E-state index < -0.39 is 23.8 Å². The molecule has 0 saturated carbocycles. The molecular weight excluding hydrogens is 494 g/mol. The van der Waals surface area contributed by atoms with Crippen molar-refractivity contribution < 1.29 is 29.3 Å². The summed E-state index contributed by atoms with van der Waals surface area (Å²) in [5, 5.41) is 26.6. The van der Waals surface area contributed by atoms with Gasteiger partial charge >= 0.3 is 11.9 Å². The van der Waals surface area contributed by atoms with Crippen molar-refractivity contribution in [3.05, 3.63) is 71.4 Å². The Morgan fingerprint density at radius 1 is 0.974 bits per heavy atom. The van der Waals surface area contributed by atoms with Gasteiger partial charge in [-0.2, -0.15) is 10.9 Å². The highest BCUT2D eigenvalue weighted by Crippen LogP contribution is 2.21. The van der Waals surface area contributed by atoms with Crippen molar-refractivity contribution >= 4 is 17.9 Å². The van der Waals surface area contributed by atoms with Gasteiger partial charge in [0, 0.05) is 0 Å². The van der Waals surface area contributed by atoms with Crippen LogP contribution >= 0.6 is 0 Å². The van der Waals surface area contributed by atoms with E-state index in [1.807, 2.05) is 52.0 Å². The highest BCUT2D eigenvalue weighted by Gasteiger charge is 2.29. The van der Waals surface area contributed by atoms with Crippen LogP contribution in [0.25, 0.3) is 0 Å². The summed E-state index contributed by atoms with van der Waals surface area (Å²) in [5.41, 5.74) is 16.0. The van der Waals surface area contributed by atoms with Crippen LogP contribution in [0.2, 0.25) is 0 Å². The van der Waals surface area contributed by atoms with Crippen LogP contribution in [-0.2, 0) is 9.59 Å². The van der Waals surface area contributed by atoms with Gasteiger partial charge in [-0.05, 0) is 63.1 Å². The topological polar surface area (TPSA) is 183 Å². The fourth-order valence-electron chi connectivity index (χ4n) is 3.38. The van der Waals surface area contributed by atoms with Crippen molar-refractivity contribution in [3.63, 3.8) is 0 Å². The molecule has 0 aliphatic carbocycles. The molecule has 0 spiro atoms. The van der Waals surface area contributed by atoms with Gasteiger partial charge in [0.25, 0.3) is 0 Å². The maximum absolute atomic E-state index is 11.6. The van der Waals surface area contributed by atoms with Gasteiger partial charge in [-0.3, -0.25) is 5.43 Å². The molecule has 0 bridgehead atoms. The summed E-state index contributed by atoms with van der Waals surface area (Å²) in [6.45, 7) is 7.70. The predicted molar refractivity (Wildman–Crippen MR) is 139 cm³/mol. The number of rotatable bonds is 12. The second-order valence-electron chi connectivity index (χ2n) is 8.88. The number of benzene rings is 2. The summed E-state index contributed by atoms with van der Waals surface area (Å²) in [4.78, 5) is 22.7. The minimum Gasteiger partial charge on any atom is -0.491 e. The number of carbonyl (C=O) groups is 2. The normalized spacial score (nSPS) is 15.2. The molecule has 13 nitrogen and oxygen atoms in total. The molecule has 0 amide bonds. The number of aliphatic carboxylic acids is 2. The van der Waals surface area contributed by atoms with Gasteiger partial charge in [-0.1, -0.05) is 24.3 Å². The molecule has 38 heavy (non-hydrogen) atoms. The fourth-order valence-corrected chi connectivity index (χ4v) is 3.38. The predicted octanol–water partition coefficient (Wildman–Crippen LogP) is 1.75. The fraction of sp³-hybridized carbons (Fsp3) is 0.320. The number of guanidine groups is 1. The molecule has 1 aliphatic rings. The van der Waals surface area contributed by atoms with Gasteiger partial charge in [-0.15, -0.1) is 5.10 Å². The summed E-state index contributed by atoms with van der Waals surface area (Å²) >= 11 is 0. The maximum atomic E-state index is 11.6. The molecule has 1 saturated heterocycles. The number of ether oxygens (including phenoxy) is 2. The van der Waals surface area contributed by atoms with Crippen LogP contribution < -0.4 is 36.8 Å². The number of carboxylic acids is 2. The summed E-state index contributed by atoms with van der Waals surface area (Å²) in [6.07, 6.45) is -0.539. The van der Waals surface area contributed by atoms with Gasteiger partial charge < -0.3 is 30.7 Å². The van der Waals surface area contributed by atoms with Gasteiger partial charge in [0.1, 0.15) is 29.5 Å². The first kappa shape index (κ1) is 28.1. The lowest BCUT2D eigenvalue weighted by atomic mass is 10.1. The molecule has 204 valence electrons. The minimum absolute atomic E-state index is 0.00617. The second kappa shape index (κ2) is 12.7. The molecule has 1 atom stereocenters. The zero-order valence-corrected chi connectivity index (χ0v) is 21.5. The summed E-state index contributed by atoms with van der Waals surface area (Å²) < 4.78 is 11.3. The average molecular weight is 528 g/mol. The molecule has 1 fully saturated rings. The SMILES string of the molecule is CC(C)Oc1ccc(C(NN=C(N)N2NC(c3ccc(OC(C)C)cc3)N2)N/C(=C/C(=O)O)C(=O)O)cc1. The molecule has 0 aromatic heterocycles. The van der Waals surface area contributed by atoms with E-state index in [1.165, 1.54) is 5.12 Å². The Morgan fingerprint density at radius 3 is 1.97 bits per heavy atom. The van der Waals surface area contributed by atoms with Crippen molar-refractivity contribution in [2.45, 2.75) is 52.2 Å². The third-order valence-corrected chi connectivity index (χ3v) is 5.02. The standard InChI is InChI=1S/C25H33N7O6/c1-14(2)37-18-9-5-16(6-10-18)22(27-20(24(35)36)13-21(33)34)28-29-25(26)32-30-23(31-32)17-7-11-19(12-8-17)38-15(3)4/h5-15,22-23,27-28,30-31H,1-4H3,(H2,26,29)(H,33,34)(H,35,36)/b20-13+. The van der Waals surface area contributed by atoms with Crippen molar-refractivity contribution in [1.82, 2.24) is 26.7 Å². The van der Waals surface area contributed by atoms with Gasteiger partial charge in [-0.25, -0.2) is 14.7 Å². The van der Waals surface area contributed by atoms with E-state index >= 15 is 0 Å². The van der Waals surface area contributed by atoms with Gasteiger partial charge in [0.05, 0.1) is 18.3 Å². The Labute approximate surface area is 220 Å². The maximum Gasteiger partial charge on any atom is 0.352 e. The Kier molecular flexibility index (Phi) is 9.35. The number of carboxylic acid groups (broad SMARTS) is 2. The van der Waals surface area contributed by atoms with Crippen LogP contribution in [0, 0.1) is 0 Å². The summed E-state index contributed by atoms with van der Waals surface area (Å²) in [7, 11) is 0. The molecule has 1 heterocycles. The highest BCUT2D eigenvalue weighted by molar-refractivity contribution is 5.94. The van der Waals surface area contributed by atoms with E-state index in [0.717, 1.165) is 11.3 Å². The van der Waals surface area contributed by atoms with Gasteiger partial charge in [0.15, 0.2) is 0 Å². The number of nitrogens with two attached hydrogens (primary N) is 1. The molecule has 3 rings (SSSR count). The summed E-state index contributed by atoms with van der Waals surface area (Å²) in [5.74, 6) is -1.47. The number of hydrogen-bond acceptors (Lipinski definition) is 9. The Bertz CT molecular complexity index is 1160. The van der Waals surface area contributed by atoms with Crippen LogP contribution in [-0.4, -0.2) is 45.4 Å². The molecule has 8 N–H and O–H groups in total. The van der Waals surface area contributed by atoms with E-state index in [2.05, 4.69) is 26.7 Å². The molecule has 2 aromatic carbocycles. The minimum atomic E-state index is -1.45. The lowest BCUT2D eigenvalue weighted by molar-refractivity contribution is -0.135. The lowest BCUT2D eigenvalue weighted by Gasteiger charge is -2.41. The van der Waals surface area contributed by atoms with E-state index in [9.17, 15) is 14.7 Å². The first-order valence-electron chi connectivity index (χ1n) is 11.9. The van der Waals surface area contributed by atoms with E-state index in [1.54, 1.807) is 24.3 Å². The summed E-state index contributed by atoms with van der Waals surface area (Å²) in [6, 6.07) is 14.4. The average Bonchev–Trinajstić information content (AvgIpc) is 2.80. The van der Waals surface area contributed by atoms with Crippen LogP contribution in [0.1, 0.15) is 51.2 Å². The van der Waals surface area contributed by atoms with Crippen LogP contribution in [0.5, 0.6) is 11.5 Å². The zero-order valence-electron chi connectivity index (χ0n) is 21.5. The third-order valence-electron chi connectivity index (χ3n) is 5.02. The molecule has 2 aromatic rings. The zero-order chi connectivity index (χ0) is 27.8. The monoisotopic (exact) mass is 527 g/mol. The van der Waals surface area contributed by atoms with E-state index in [4.69, 9.17) is 20.3 Å². The largest absolute Gasteiger partial charge is 0.491 e. The lowest BCUT2D eigenvalue weighted by Crippen LogP contribution is -2.69. The third kappa shape index (κ3) is 8.01. The Morgan fingerprint density at radius 2 is 1.50 bits per heavy atom. The van der Waals surface area contributed by atoms with Crippen molar-refractivity contribution in [2.75, 3.05) is 0 Å². The second-order valence-corrected chi connectivity index (χ2v) is 8.88. The quantitative estimate of drug-likeness (QED) is 0.0699. The first-order valence-corrected chi connectivity index (χ1v) is 11.9. The van der Waals surface area contributed by atoms with E-state index in [-0.39, 0.29) is 24.3 Å².